The standard InChI is InChI=1S/C16H26N2O/c1-18(12-6-5-11-17-15-9-10-15)13-14-7-3-4-8-16(14)19-2/h3-4,7-8,15,17H,5-6,9-13H2,1-2H3. The summed E-state index contributed by atoms with van der Waals surface area (Å²) < 4.78 is 5.39. The Morgan fingerprint density at radius 3 is 2.79 bits per heavy atom. The molecule has 0 unspecified atom stereocenters. The number of hydrogen-bond acceptors (Lipinski definition) is 3. The lowest BCUT2D eigenvalue weighted by Gasteiger charge is -2.18. The van der Waals surface area contributed by atoms with Crippen molar-refractivity contribution in [3.63, 3.8) is 0 Å². The molecule has 2 rings (SSSR count). The van der Waals surface area contributed by atoms with Crippen LogP contribution in [0.2, 0.25) is 0 Å². The number of benzene rings is 1. The number of methoxy groups -OCH3 is 1. The van der Waals surface area contributed by atoms with Crippen LogP contribution in [0.15, 0.2) is 24.3 Å². The van der Waals surface area contributed by atoms with Gasteiger partial charge < -0.3 is 15.0 Å². The maximum absolute atomic E-state index is 5.39. The summed E-state index contributed by atoms with van der Waals surface area (Å²) in [5.41, 5.74) is 1.27. The van der Waals surface area contributed by atoms with Gasteiger partial charge in [0.05, 0.1) is 7.11 Å². The van der Waals surface area contributed by atoms with Crippen LogP contribution in [0.5, 0.6) is 5.75 Å². The smallest absolute Gasteiger partial charge is 0.123 e. The van der Waals surface area contributed by atoms with E-state index in [0.717, 1.165) is 24.9 Å². The number of para-hydroxylation sites is 1. The van der Waals surface area contributed by atoms with E-state index in [2.05, 4.69) is 29.4 Å². The molecule has 1 aliphatic rings. The Hall–Kier alpha value is -1.06. The highest BCUT2D eigenvalue weighted by atomic mass is 16.5. The summed E-state index contributed by atoms with van der Waals surface area (Å²) in [6.07, 6.45) is 5.29. The SMILES string of the molecule is COc1ccccc1CN(C)CCCCNC1CC1. The summed E-state index contributed by atoms with van der Waals surface area (Å²) in [6, 6.07) is 9.11. The zero-order valence-electron chi connectivity index (χ0n) is 12.2. The van der Waals surface area contributed by atoms with Gasteiger partial charge in [-0.3, -0.25) is 0 Å². The van der Waals surface area contributed by atoms with Crippen molar-refractivity contribution in [2.24, 2.45) is 0 Å². The summed E-state index contributed by atoms with van der Waals surface area (Å²) in [5, 5.41) is 3.56. The second kappa shape index (κ2) is 7.51. The highest BCUT2D eigenvalue weighted by molar-refractivity contribution is 5.32. The van der Waals surface area contributed by atoms with Gasteiger partial charge >= 0.3 is 0 Å². The lowest BCUT2D eigenvalue weighted by molar-refractivity contribution is 0.309. The first-order chi connectivity index (χ1) is 9.29. The van der Waals surface area contributed by atoms with E-state index in [1.54, 1.807) is 7.11 Å². The van der Waals surface area contributed by atoms with Gasteiger partial charge in [-0.15, -0.1) is 0 Å². The Kier molecular flexibility index (Phi) is 5.67. The fraction of sp³-hybridized carbons (Fsp3) is 0.625. The third kappa shape index (κ3) is 5.21. The van der Waals surface area contributed by atoms with Crippen LogP contribution in [0.4, 0.5) is 0 Å². The monoisotopic (exact) mass is 262 g/mol. The normalized spacial score (nSPS) is 14.9. The molecule has 0 aliphatic heterocycles. The molecule has 19 heavy (non-hydrogen) atoms. The summed E-state index contributed by atoms with van der Waals surface area (Å²) in [4.78, 5) is 2.37. The van der Waals surface area contributed by atoms with E-state index in [4.69, 9.17) is 4.74 Å². The molecule has 0 aromatic heterocycles. The molecule has 0 atom stereocenters. The molecule has 0 bridgehead atoms. The Bertz CT molecular complexity index is 377. The van der Waals surface area contributed by atoms with E-state index in [9.17, 15) is 0 Å². The van der Waals surface area contributed by atoms with E-state index in [0.29, 0.717) is 0 Å². The Morgan fingerprint density at radius 2 is 2.05 bits per heavy atom. The van der Waals surface area contributed by atoms with E-state index < -0.39 is 0 Å². The van der Waals surface area contributed by atoms with Crippen LogP contribution in [0.3, 0.4) is 0 Å². The number of unbranched alkanes of at least 4 members (excludes halogenated alkanes) is 1. The van der Waals surface area contributed by atoms with E-state index in [-0.39, 0.29) is 0 Å². The van der Waals surface area contributed by atoms with E-state index >= 15 is 0 Å². The van der Waals surface area contributed by atoms with Crippen molar-refractivity contribution in [2.75, 3.05) is 27.2 Å². The van der Waals surface area contributed by atoms with E-state index in [1.165, 1.54) is 37.8 Å². The maximum atomic E-state index is 5.39. The molecule has 0 heterocycles. The van der Waals surface area contributed by atoms with Gasteiger partial charge in [0.25, 0.3) is 0 Å². The minimum absolute atomic E-state index is 0.839. The average Bonchev–Trinajstić information content (AvgIpc) is 3.23. The van der Waals surface area contributed by atoms with Gasteiger partial charge in [-0.05, 0) is 51.9 Å². The highest BCUT2D eigenvalue weighted by Crippen LogP contribution is 2.19. The quantitative estimate of drug-likeness (QED) is 0.692. The fourth-order valence-corrected chi connectivity index (χ4v) is 2.30. The molecule has 3 heteroatoms. The summed E-state index contributed by atoms with van der Waals surface area (Å²) in [5.74, 6) is 0.991. The molecular weight excluding hydrogens is 236 g/mol. The van der Waals surface area contributed by atoms with Crippen molar-refractivity contribution in [1.82, 2.24) is 10.2 Å². The molecule has 0 spiro atoms. The van der Waals surface area contributed by atoms with Crippen LogP contribution in [0.25, 0.3) is 0 Å². The average molecular weight is 262 g/mol. The molecule has 1 N–H and O–H groups in total. The number of hydrogen-bond donors (Lipinski definition) is 1. The summed E-state index contributed by atoms with van der Waals surface area (Å²) in [7, 11) is 3.92. The summed E-state index contributed by atoms with van der Waals surface area (Å²) in [6.45, 7) is 3.28. The van der Waals surface area contributed by atoms with Gasteiger partial charge in [-0.1, -0.05) is 18.2 Å². The molecule has 3 nitrogen and oxygen atoms in total. The van der Waals surface area contributed by atoms with Gasteiger partial charge in [-0.2, -0.15) is 0 Å². The molecule has 0 radical (unpaired) electrons. The van der Waals surface area contributed by atoms with E-state index in [1.807, 2.05) is 12.1 Å². The van der Waals surface area contributed by atoms with Gasteiger partial charge in [0.1, 0.15) is 5.75 Å². The molecule has 1 aliphatic carbocycles. The van der Waals surface area contributed by atoms with Crippen molar-refractivity contribution >= 4 is 0 Å². The molecular formula is C16H26N2O. The first-order valence-electron chi connectivity index (χ1n) is 7.33. The van der Waals surface area contributed by atoms with Crippen molar-refractivity contribution < 1.29 is 4.74 Å². The fourth-order valence-electron chi connectivity index (χ4n) is 2.30. The van der Waals surface area contributed by atoms with Gasteiger partial charge in [0, 0.05) is 18.2 Å². The first-order valence-corrected chi connectivity index (χ1v) is 7.33. The molecule has 0 amide bonds. The number of rotatable bonds is 9. The zero-order valence-corrected chi connectivity index (χ0v) is 12.2. The molecule has 1 fully saturated rings. The lowest BCUT2D eigenvalue weighted by atomic mass is 10.2. The zero-order chi connectivity index (χ0) is 13.5. The molecule has 0 saturated heterocycles. The third-order valence-corrected chi connectivity index (χ3v) is 3.61. The second-order valence-corrected chi connectivity index (χ2v) is 5.49. The first kappa shape index (κ1) is 14.4. The van der Waals surface area contributed by atoms with Crippen molar-refractivity contribution in [1.29, 1.82) is 0 Å². The van der Waals surface area contributed by atoms with Gasteiger partial charge in [0.15, 0.2) is 0 Å². The predicted octanol–water partition coefficient (Wildman–Crippen LogP) is 2.66. The topological polar surface area (TPSA) is 24.5 Å². The molecule has 1 saturated carbocycles. The minimum atomic E-state index is 0.839. The lowest BCUT2D eigenvalue weighted by Crippen LogP contribution is -2.22. The third-order valence-electron chi connectivity index (χ3n) is 3.61. The van der Waals surface area contributed by atoms with Crippen LogP contribution in [0, 0.1) is 0 Å². The highest BCUT2D eigenvalue weighted by Gasteiger charge is 2.19. The number of ether oxygens (including phenoxy) is 1. The Morgan fingerprint density at radius 1 is 1.26 bits per heavy atom. The molecule has 1 aromatic carbocycles. The van der Waals surface area contributed by atoms with Crippen LogP contribution in [-0.4, -0.2) is 38.2 Å². The van der Waals surface area contributed by atoms with Gasteiger partial charge in [0.2, 0.25) is 0 Å². The number of nitrogens with zero attached hydrogens (tertiary/aromatic N) is 1. The summed E-state index contributed by atoms with van der Waals surface area (Å²) >= 11 is 0. The Labute approximate surface area is 116 Å². The number of nitrogens with one attached hydrogen (secondary N) is 1. The van der Waals surface area contributed by atoms with Crippen LogP contribution in [0.1, 0.15) is 31.2 Å². The second-order valence-electron chi connectivity index (χ2n) is 5.49. The molecule has 1 aromatic rings. The maximum Gasteiger partial charge on any atom is 0.123 e. The molecule has 106 valence electrons. The predicted molar refractivity (Wildman–Crippen MR) is 79.6 cm³/mol. The van der Waals surface area contributed by atoms with Crippen molar-refractivity contribution in [3.05, 3.63) is 29.8 Å². The van der Waals surface area contributed by atoms with Crippen LogP contribution >= 0.6 is 0 Å². The van der Waals surface area contributed by atoms with Crippen LogP contribution in [-0.2, 0) is 6.54 Å². The minimum Gasteiger partial charge on any atom is -0.496 e. The largest absolute Gasteiger partial charge is 0.496 e. The van der Waals surface area contributed by atoms with Gasteiger partial charge in [-0.25, -0.2) is 0 Å². The Balaban J connectivity index is 1.63. The van der Waals surface area contributed by atoms with Crippen molar-refractivity contribution in [2.45, 2.75) is 38.3 Å². The van der Waals surface area contributed by atoms with Crippen LogP contribution < -0.4 is 10.1 Å². The van der Waals surface area contributed by atoms with Crippen molar-refractivity contribution in [3.8, 4) is 5.75 Å².